The number of aromatic nitrogens is 1. The Morgan fingerprint density at radius 1 is 0.533 bits per heavy atom. The molecule has 1 atom stereocenters. The first-order valence-electron chi connectivity index (χ1n) is 21.8. The van der Waals surface area contributed by atoms with Crippen LogP contribution in [0.15, 0.2) is 200 Å². The zero-order chi connectivity index (χ0) is 39.8. The second-order valence-electron chi connectivity index (χ2n) is 16.5. The van der Waals surface area contributed by atoms with Gasteiger partial charge in [0.05, 0.1) is 11.0 Å². The third-order valence-electron chi connectivity index (χ3n) is 13.0. The average Bonchev–Trinajstić information content (AvgIpc) is 3.68. The first-order chi connectivity index (χ1) is 29.8. The molecule has 4 aliphatic carbocycles. The molecule has 0 radical (unpaired) electrons. The number of anilines is 2. The molecule has 1 aromatic heterocycles. The summed E-state index contributed by atoms with van der Waals surface area (Å²) in [4.78, 5) is 2.45. The van der Waals surface area contributed by atoms with Crippen LogP contribution < -0.4 is 4.90 Å². The highest BCUT2D eigenvalue weighted by molar-refractivity contribution is 6.12. The van der Waals surface area contributed by atoms with Crippen molar-refractivity contribution in [3.05, 3.63) is 233 Å². The first kappa shape index (κ1) is 36.2. The van der Waals surface area contributed by atoms with Gasteiger partial charge in [-0.15, -0.1) is 0 Å². The molecule has 0 N–H and O–H groups in total. The van der Waals surface area contributed by atoms with Gasteiger partial charge in [0, 0.05) is 39.4 Å². The first-order valence-corrected chi connectivity index (χ1v) is 21.8. The van der Waals surface area contributed by atoms with E-state index in [0.29, 0.717) is 0 Å². The smallest absolute Gasteiger partial charge is 0.0544 e. The fraction of sp³-hybridized carbons (Fsp3) is 0.138. The number of aryl methyl sites for hydroxylation is 1. The van der Waals surface area contributed by atoms with Gasteiger partial charge in [-0.25, -0.2) is 0 Å². The van der Waals surface area contributed by atoms with Crippen LogP contribution in [0.25, 0.3) is 50.3 Å². The summed E-state index contributed by atoms with van der Waals surface area (Å²) in [6.45, 7) is 0. The predicted octanol–water partition coefficient (Wildman–Crippen LogP) is 15.5. The molecule has 0 saturated carbocycles. The lowest BCUT2D eigenvalue weighted by atomic mass is 9.82. The Hall–Kier alpha value is -6.90. The van der Waals surface area contributed by atoms with E-state index in [9.17, 15) is 0 Å². The number of hydrogen-bond acceptors (Lipinski definition) is 1. The standard InChI is InChI=1S/C58H48N2/c1-3-14-41(15-4-1)43-26-33-48(34-27-43)59(51-20-13-19-47(40-51)42-16-5-2-6-17-42)49-35-28-45(29-36-49)52-21-9-10-22-53(52)46-30-37-50(38-31-46)60-56-25-12-11-24-55(56)58-54-23-8-7-18-44(54)32-39-57(58)60/h1-3,5-7,9-12,14,16-18,20,22,24-40,52H,4,8,13,15,19,21,23H2. The Bertz CT molecular complexity index is 2960. The largest absolute Gasteiger partial charge is 0.311 e. The topological polar surface area (TPSA) is 8.17 Å². The maximum atomic E-state index is 2.46. The SMILES string of the molecule is C1=CCCC(c2ccc(N(C3=CCCC(c4ccccc4)=C3)c3ccc(C4CC=CC=C4c4ccc(-n5c6ccccc6c6c7c(ccc65)C=CCC7)cc4)cc3)cc2)=C1. The van der Waals surface area contributed by atoms with Crippen molar-refractivity contribution >= 4 is 56.0 Å². The maximum Gasteiger partial charge on any atom is 0.0544 e. The summed E-state index contributed by atoms with van der Waals surface area (Å²) in [5.74, 6) is 0.270. The minimum Gasteiger partial charge on any atom is -0.311 e. The van der Waals surface area contributed by atoms with Gasteiger partial charge in [0.1, 0.15) is 0 Å². The molecule has 0 aliphatic heterocycles. The van der Waals surface area contributed by atoms with E-state index in [4.69, 9.17) is 0 Å². The van der Waals surface area contributed by atoms with Crippen molar-refractivity contribution < 1.29 is 0 Å². The van der Waals surface area contributed by atoms with Crippen molar-refractivity contribution in [3.63, 3.8) is 0 Å². The molecule has 1 heterocycles. The quantitative estimate of drug-likeness (QED) is 0.149. The predicted molar refractivity (Wildman–Crippen MR) is 256 cm³/mol. The monoisotopic (exact) mass is 772 g/mol. The zero-order valence-electron chi connectivity index (χ0n) is 34.0. The van der Waals surface area contributed by atoms with Crippen molar-refractivity contribution in [1.82, 2.24) is 4.57 Å². The molecule has 11 rings (SSSR count). The summed E-state index contributed by atoms with van der Waals surface area (Å²) >= 11 is 0. The number of nitrogens with zero attached hydrogens (tertiary/aromatic N) is 2. The highest BCUT2D eigenvalue weighted by Gasteiger charge is 2.23. The summed E-state index contributed by atoms with van der Waals surface area (Å²) in [6.07, 6.45) is 30.4. The van der Waals surface area contributed by atoms with Gasteiger partial charge in [-0.1, -0.05) is 146 Å². The van der Waals surface area contributed by atoms with Crippen LogP contribution >= 0.6 is 0 Å². The molecule has 0 spiro atoms. The highest BCUT2D eigenvalue weighted by atomic mass is 15.1. The Kier molecular flexibility index (Phi) is 9.47. The third-order valence-corrected chi connectivity index (χ3v) is 13.0. The van der Waals surface area contributed by atoms with E-state index >= 15 is 0 Å². The molecule has 0 bridgehead atoms. The number of allylic oxidation sites excluding steroid dienone is 12. The van der Waals surface area contributed by atoms with Crippen molar-refractivity contribution in [2.75, 3.05) is 4.90 Å². The molecule has 4 aliphatic rings. The number of hydrogen-bond donors (Lipinski definition) is 0. The molecule has 290 valence electrons. The summed E-state index contributed by atoms with van der Waals surface area (Å²) in [5.41, 5.74) is 19.5. The molecule has 1 unspecified atom stereocenters. The fourth-order valence-electron chi connectivity index (χ4n) is 10.0. The molecule has 0 amide bonds. The van der Waals surface area contributed by atoms with E-state index in [1.165, 1.54) is 94.7 Å². The highest BCUT2D eigenvalue weighted by Crippen LogP contribution is 2.42. The average molecular weight is 773 g/mol. The van der Waals surface area contributed by atoms with Crippen molar-refractivity contribution in [2.45, 2.75) is 50.9 Å². The van der Waals surface area contributed by atoms with Crippen molar-refractivity contribution in [3.8, 4) is 5.69 Å². The molecule has 7 aromatic rings. The number of rotatable bonds is 8. The lowest BCUT2D eigenvalue weighted by Gasteiger charge is -2.30. The lowest BCUT2D eigenvalue weighted by molar-refractivity contribution is 0.873. The van der Waals surface area contributed by atoms with Gasteiger partial charge in [-0.3, -0.25) is 0 Å². The van der Waals surface area contributed by atoms with E-state index < -0.39 is 0 Å². The summed E-state index contributed by atoms with van der Waals surface area (Å²) < 4.78 is 2.46. The second kappa shape index (κ2) is 15.7. The van der Waals surface area contributed by atoms with E-state index in [-0.39, 0.29) is 5.92 Å². The molecular weight excluding hydrogens is 725 g/mol. The molecule has 2 heteroatoms. The third kappa shape index (κ3) is 6.63. The van der Waals surface area contributed by atoms with E-state index in [1.807, 2.05) is 0 Å². The summed E-state index contributed by atoms with van der Waals surface area (Å²) in [5, 5.41) is 2.74. The lowest BCUT2D eigenvalue weighted by Crippen LogP contribution is -2.17. The van der Waals surface area contributed by atoms with Gasteiger partial charge in [0.2, 0.25) is 0 Å². The summed E-state index contributed by atoms with van der Waals surface area (Å²) in [6, 6.07) is 52.3. The van der Waals surface area contributed by atoms with Crippen LogP contribution in [0.5, 0.6) is 0 Å². The van der Waals surface area contributed by atoms with Crippen LogP contribution in [0.4, 0.5) is 11.4 Å². The van der Waals surface area contributed by atoms with Crippen LogP contribution in [-0.4, -0.2) is 4.57 Å². The molecule has 2 nitrogen and oxygen atoms in total. The Labute approximate surface area is 353 Å². The molecule has 60 heavy (non-hydrogen) atoms. The van der Waals surface area contributed by atoms with E-state index in [2.05, 4.69) is 210 Å². The van der Waals surface area contributed by atoms with E-state index in [1.54, 1.807) is 0 Å². The fourth-order valence-corrected chi connectivity index (χ4v) is 10.0. The number of fused-ring (bicyclic) bond motifs is 5. The van der Waals surface area contributed by atoms with Gasteiger partial charge < -0.3 is 9.47 Å². The van der Waals surface area contributed by atoms with Crippen LogP contribution in [-0.2, 0) is 6.42 Å². The minimum absolute atomic E-state index is 0.270. The Balaban J connectivity index is 0.916. The Morgan fingerprint density at radius 3 is 2.07 bits per heavy atom. The van der Waals surface area contributed by atoms with Gasteiger partial charge >= 0.3 is 0 Å². The van der Waals surface area contributed by atoms with Crippen LogP contribution in [0.2, 0.25) is 0 Å². The van der Waals surface area contributed by atoms with Gasteiger partial charge in [-0.05, 0) is 150 Å². The minimum atomic E-state index is 0.270. The summed E-state index contributed by atoms with van der Waals surface area (Å²) in [7, 11) is 0. The van der Waals surface area contributed by atoms with Crippen molar-refractivity contribution in [2.24, 2.45) is 0 Å². The van der Waals surface area contributed by atoms with Crippen molar-refractivity contribution in [1.29, 1.82) is 0 Å². The maximum absolute atomic E-state index is 2.46. The van der Waals surface area contributed by atoms with Crippen LogP contribution in [0, 0.1) is 0 Å². The molecule has 0 saturated heterocycles. The Morgan fingerprint density at radius 2 is 1.25 bits per heavy atom. The molecule has 0 fully saturated rings. The van der Waals surface area contributed by atoms with E-state index in [0.717, 1.165) is 44.9 Å². The molecule has 6 aromatic carbocycles. The van der Waals surface area contributed by atoms with Gasteiger partial charge in [-0.2, -0.15) is 0 Å². The van der Waals surface area contributed by atoms with Gasteiger partial charge in [0.15, 0.2) is 0 Å². The number of benzene rings is 6. The number of para-hydroxylation sites is 1. The normalized spacial score (nSPS) is 17.2. The molecular formula is C58H48N2. The van der Waals surface area contributed by atoms with Gasteiger partial charge in [0.25, 0.3) is 0 Å². The van der Waals surface area contributed by atoms with Crippen LogP contribution in [0.3, 0.4) is 0 Å². The second-order valence-corrected chi connectivity index (χ2v) is 16.5. The van der Waals surface area contributed by atoms with Crippen LogP contribution in [0.1, 0.15) is 77.8 Å². The zero-order valence-corrected chi connectivity index (χ0v) is 34.0.